The van der Waals surface area contributed by atoms with Gasteiger partial charge in [0.1, 0.15) is 12.9 Å². The normalized spacial score (nSPS) is 37.4. The Morgan fingerprint density at radius 2 is 2.25 bits per heavy atom. The molecule has 0 N–H and O–H groups in total. The van der Waals surface area contributed by atoms with Crippen LogP contribution in [0.25, 0.3) is 0 Å². The quantitative estimate of drug-likeness (QED) is 0.666. The lowest BCUT2D eigenvalue weighted by Crippen LogP contribution is -2.51. The fraction of sp³-hybridized carbons (Fsp3) is 0.909. The first kappa shape index (κ1) is 12.0. The van der Waals surface area contributed by atoms with E-state index in [0.717, 1.165) is 0 Å². The van der Waals surface area contributed by atoms with Gasteiger partial charge >= 0.3 is 0 Å². The third-order valence-corrected chi connectivity index (χ3v) is 3.02. The summed E-state index contributed by atoms with van der Waals surface area (Å²) in [5.74, 6) is -0.324. The summed E-state index contributed by atoms with van der Waals surface area (Å²) < 4.78 is 21.3. The molecule has 2 rings (SSSR count). The van der Waals surface area contributed by atoms with Crippen molar-refractivity contribution < 1.29 is 23.7 Å². The highest BCUT2D eigenvalue weighted by Gasteiger charge is 2.49. The summed E-state index contributed by atoms with van der Waals surface area (Å²) in [6.45, 7) is 4.42. The predicted molar refractivity (Wildman–Crippen MR) is 54.8 cm³/mol. The molecule has 2 aliphatic rings. The largest absolute Gasteiger partial charge is 0.359 e. The molecular formula is C11H18O5. The SMILES string of the molecule is COCO[C@H]1C(=O)C[C@H]1[C@H]1COC(C)(C)O1. The van der Waals surface area contributed by atoms with Crippen molar-refractivity contribution >= 4 is 5.78 Å². The highest BCUT2D eigenvalue weighted by Crippen LogP contribution is 2.37. The molecule has 0 amide bonds. The van der Waals surface area contributed by atoms with Crippen molar-refractivity contribution in [3.63, 3.8) is 0 Å². The second-order valence-corrected chi connectivity index (χ2v) is 4.70. The van der Waals surface area contributed by atoms with Crippen LogP contribution >= 0.6 is 0 Å². The van der Waals surface area contributed by atoms with Crippen LogP contribution in [0.15, 0.2) is 0 Å². The van der Waals surface area contributed by atoms with E-state index < -0.39 is 5.79 Å². The molecule has 0 unspecified atom stereocenters. The van der Waals surface area contributed by atoms with Crippen molar-refractivity contribution in [3.05, 3.63) is 0 Å². The van der Waals surface area contributed by atoms with Crippen LogP contribution in [-0.2, 0) is 23.7 Å². The van der Waals surface area contributed by atoms with Crippen molar-refractivity contribution in [1.29, 1.82) is 0 Å². The number of carbonyl (C=O) groups is 1. The number of methoxy groups -OCH3 is 1. The minimum atomic E-state index is -0.547. The first-order chi connectivity index (χ1) is 7.53. The summed E-state index contributed by atoms with van der Waals surface area (Å²) in [5.41, 5.74) is 0. The number of ketones is 1. The number of hydrogen-bond acceptors (Lipinski definition) is 5. The Bertz CT molecular complexity index is 276. The molecule has 92 valence electrons. The molecule has 2 fully saturated rings. The summed E-state index contributed by atoms with van der Waals surface area (Å²) in [6, 6.07) is 0. The molecule has 0 aromatic carbocycles. The Hall–Kier alpha value is -0.490. The van der Waals surface area contributed by atoms with E-state index >= 15 is 0 Å². The smallest absolute Gasteiger partial charge is 0.163 e. The number of carbonyl (C=O) groups excluding carboxylic acids is 1. The van der Waals surface area contributed by atoms with Crippen LogP contribution in [0, 0.1) is 5.92 Å². The first-order valence-corrected chi connectivity index (χ1v) is 5.48. The number of Topliss-reactive ketones (excluding diaryl/α,β-unsaturated/α-hetero) is 1. The first-order valence-electron chi connectivity index (χ1n) is 5.48. The van der Waals surface area contributed by atoms with Crippen LogP contribution in [0.3, 0.4) is 0 Å². The van der Waals surface area contributed by atoms with E-state index in [1.54, 1.807) is 0 Å². The Kier molecular flexibility index (Phi) is 3.30. The van der Waals surface area contributed by atoms with E-state index in [-0.39, 0.29) is 30.7 Å². The number of hydrogen-bond donors (Lipinski definition) is 0. The van der Waals surface area contributed by atoms with Crippen LogP contribution in [0.1, 0.15) is 20.3 Å². The summed E-state index contributed by atoms with van der Waals surface area (Å²) >= 11 is 0. The maximum atomic E-state index is 11.4. The molecule has 1 aliphatic carbocycles. The van der Waals surface area contributed by atoms with Crippen LogP contribution in [-0.4, -0.2) is 44.3 Å². The highest BCUT2D eigenvalue weighted by molar-refractivity contribution is 5.89. The van der Waals surface area contributed by atoms with Crippen LogP contribution < -0.4 is 0 Å². The topological polar surface area (TPSA) is 54.0 Å². The molecule has 5 nitrogen and oxygen atoms in total. The van der Waals surface area contributed by atoms with Gasteiger partial charge in [0.2, 0.25) is 0 Å². The standard InChI is InChI=1S/C11H18O5/c1-11(2)15-5-9(16-11)7-4-8(12)10(7)14-6-13-3/h7,9-10H,4-6H2,1-3H3/t7-,9+,10+/m0/s1. The number of rotatable bonds is 4. The van der Waals surface area contributed by atoms with Gasteiger partial charge in [-0.15, -0.1) is 0 Å². The zero-order valence-electron chi connectivity index (χ0n) is 9.89. The van der Waals surface area contributed by atoms with Gasteiger partial charge in [-0.05, 0) is 13.8 Å². The summed E-state index contributed by atoms with van der Waals surface area (Å²) in [6.07, 6.45) is 0.0791. The molecule has 0 spiro atoms. The minimum absolute atomic E-state index is 0.0467. The lowest BCUT2D eigenvalue weighted by Gasteiger charge is -2.37. The fourth-order valence-electron chi connectivity index (χ4n) is 2.14. The van der Waals surface area contributed by atoms with Crippen molar-refractivity contribution in [2.75, 3.05) is 20.5 Å². The van der Waals surface area contributed by atoms with Crippen LogP contribution in [0.2, 0.25) is 0 Å². The summed E-state index contributed by atoms with van der Waals surface area (Å²) in [5, 5.41) is 0. The van der Waals surface area contributed by atoms with E-state index in [0.29, 0.717) is 13.0 Å². The zero-order chi connectivity index (χ0) is 11.8. The van der Waals surface area contributed by atoms with Gasteiger partial charge in [0.05, 0.1) is 12.7 Å². The molecule has 3 atom stereocenters. The van der Waals surface area contributed by atoms with Gasteiger partial charge in [0.25, 0.3) is 0 Å². The molecule has 16 heavy (non-hydrogen) atoms. The van der Waals surface area contributed by atoms with Crippen molar-refractivity contribution in [1.82, 2.24) is 0 Å². The average Bonchev–Trinajstić information content (AvgIpc) is 2.55. The molecular weight excluding hydrogens is 212 g/mol. The lowest BCUT2D eigenvalue weighted by molar-refractivity contribution is -0.185. The van der Waals surface area contributed by atoms with Crippen molar-refractivity contribution in [2.45, 2.75) is 38.3 Å². The van der Waals surface area contributed by atoms with E-state index in [4.69, 9.17) is 18.9 Å². The third kappa shape index (κ3) is 2.27. The monoisotopic (exact) mass is 230 g/mol. The maximum Gasteiger partial charge on any atom is 0.163 e. The zero-order valence-corrected chi connectivity index (χ0v) is 9.89. The van der Waals surface area contributed by atoms with E-state index in [1.807, 2.05) is 13.8 Å². The molecule has 1 saturated heterocycles. The Balaban J connectivity index is 1.88. The molecule has 1 heterocycles. The molecule has 0 radical (unpaired) electrons. The average molecular weight is 230 g/mol. The second-order valence-electron chi connectivity index (χ2n) is 4.70. The summed E-state index contributed by atoms with van der Waals surface area (Å²) in [7, 11) is 1.54. The van der Waals surface area contributed by atoms with Crippen molar-refractivity contribution in [2.24, 2.45) is 5.92 Å². The van der Waals surface area contributed by atoms with Gasteiger partial charge in [-0.25, -0.2) is 0 Å². The predicted octanol–water partition coefficient (Wildman–Crippen LogP) is 0.716. The highest BCUT2D eigenvalue weighted by atomic mass is 16.7. The Morgan fingerprint density at radius 3 is 2.75 bits per heavy atom. The molecule has 1 aliphatic heterocycles. The van der Waals surface area contributed by atoms with Crippen molar-refractivity contribution in [3.8, 4) is 0 Å². The van der Waals surface area contributed by atoms with Gasteiger partial charge in [0.15, 0.2) is 11.6 Å². The maximum absolute atomic E-state index is 11.4. The molecule has 0 bridgehead atoms. The van der Waals surface area contributed by atoms with Gasteiger partial charge in [-0.1, -0.05) is 0 Å². The Labute approximate surface area is 95.0 Å². The number of ether oxygens (including phenoxy) is 4. The second kappa shape index (κ2) is 4.41. The third-order valence-electron chi connectivity index (χ3n) is 3.02. The lowest BCUT2D eigenvalue weighted by atomic mass is 9.77. The Morgan fingerprint density at radius 1 is 1.50 bits per heavy atom. The van der Waals surface area contributed by atoms with Gasteiger partial charge in [-0.2, -0.15) is 0 Å². The minimum Gasteiger partial charge on any atom is -0.359 e. The molecule has 5 heteroatoms. The van der Waals surface area contributed by atoms with E-state index in [9.17, 15) is 4.79 Å². The molecule has 0 aromatic heterocycles. The van der Waals surface area contributed by atoms with Crippen LogP contribution in [0.4, 0.5) is 0 Å². The van der Waals surface area contributed by atoms with E-state index in [1.165, 1.54) is 7.11 Å². The van der Waals surface area contributed by atoms with Crippen LogP contribution in [0.5, 0.6) is 0 Å². The molecule has 1 saturated carbocycles. The van der Waals surface area contributed by atoms with Gasteiger partial charge in [-0.3, -0.25) is 4.79 Å². The molecule has 0 aromatic rings. The van der Waals surface area contributed by atoms with Gasteiger partial charge in [0, 0.05) is 19.4 Å². The van der Waals surface area contributed by atoms with E-state index in [2.05, 4.69) is 0 Å². The fourth-order valence-corrected chi connectivity index (χ4v) is 2.14. The van der Waals surface area contributed by atoms with Gasteiger partial charge < -0.3 is 18.9 Å². The summed E-state index contributed by atoms with van der Waals surface area (Å²) in [4.78, 5) is 11.4.